The lowest BCUT2D eigenvalue weighted by molar-refractivity contribution is 0.0502. The van der Waals surface area contributed by atoms with E-state index in [1.54, 1.807) is 13.0 Å². The first-order valence-corrected chi connectivity index (χ1v) is 8.03. The molecule has 1 rings (SSSR count). The molecule has 6 nitrogen and oxygen atoms in total. The number of sulfone groups is 1. The van der Waals surface area contributed by atoms with Gasteiger partial charge in [0.25, 0.3) is 0 Å². The van der Waals surface area contributed by atoms with Gasteiger partial charge >= 0.3 is 5.97 Å². The Bertz CT molecular complexity index is 568. The van der Waals surface area contributed by atoms with Gasteiger partial charge in [-0.15, -0.1) is 0 Å². The molecule has 0 spiro atoms. The van der Waals surface area contributed by atoms with E-state index < -0.39 is 15.8 Å². The van der Waals surface area contributed by atoms with Gasteiger partial charge in [-0.3, -0.25) is 0 Å². The normalized spacial score (nSPS) is 11.1. The number of rotatable bonds is 7. The van der Waals surface area contributed by atoms with Crippen molar-refractivity contribution in [1.82, 2.24) is 0 Å². The molecule has 0 radical (unpaired) electrons. The predicted octanol–water partition coefficient (Wildman–Crippen LogP) is 1.26. The number of nitrogen functional groups attached to an aromatic ring is 1. The van der Waals surface area contributed by atoms with Gasteiger partial charge in [-0.05, 0) is 18.6 Å². The molecule has 0 heterocycles. The number of hydrogen-bond donors (Lipinski definition) is 1. The Morgan fingerprint density at radius 2 is 2.05 bits per heavy atom. The van der Waals surface area contributed by atoms with Crippen molar-refractivity contribution in [1.29, 1.82) is 0 Å². The van der Waals surface area contributed by atoms with E-state index in [0.717, 1.165) is 0 Å². The Hall–Kier alpha value is -1.76. The first-order valence-electron chi connectivity index (χ1n) is 6.20. The van der Waals surface area contributed by atoms with E-state index in [1.165, 1.54) is 19.2 Å². The standard InChI is InChI=1S/C13H19NO5S/c1-3-20(16,17)8-4-7-19-13(15)11-6-5-10(14)9-12(11)18-2/h5-6,9H,3-4,7-8,14H2,1-2H3. The van der Waals surface area contributed by atoms with Gasteiger partial charge in [0.2, 0.25) is 0 Å². The zero-order valence-corrected chi connectivity index (χ0v) is 12.4. The molecule has 0 aliphatic rings. The molecule has 0 amide bonds. The molecule has 20 heavy (non-hydrogen) atoms. The maximum absolute atomic E-state index is 11.8. The number of anilines is 1. The molecule has 112 valence electrons. The van der Waals surface area contributed by atoms with Crippen molar-refractivity contribution < 1.29 is 22.7 Å². The molecule has 1 aromatic carbocycles. The second-order valence-corrected chi connectivity index (χ2v) is 6.66. The van der Waals surface area contributed by atoms with Gasteiger partial charge in [0.15, 0.2) is 0 Å². The third-order valence-electron chi connectivity index (χ3n) is 2.72. The summed E-state index contributed by atoms with van der Waals surface area (Å²) >= 11 is 0. The third-order valence-corrected chi connectivity index (χ3v) is 4.51. The van der Waals surface area contributed by atoms with Gasteiger partial charge in [-0.2, -0.15) is 0 Å². The maximum atomic E-state index is 11.8. The van der Waals surface area contributed by atoms with Crippen LogP contribution >= 0.6 is 0 Å². The summed E-state index contributed by atoms with van der Waals surface area (Å²) in [5.74, 6) is -0.130. The Morgan fingerprint density at radius 3 is 2.65 bits per heavy atom. The number of nitrogens with two attached hydrogens (primary N) is 1. The first-order chi connectivity index (χ1) is 9.39. The van der Waals surface area contributed by atoms with Crippen molar-refractivity contribution in [2.24, 2.45) is 0 Å². The molecular weight excluding hydrogens is 282 g/mol. The van der Waals surface area contributed by atoms with Gasteiger partial charge in [-0.25, -0.2) is 13.2 Å². The molecule has 0 atom stereocenters. The lowest BCUT2D eigenvalue weighted by atomic mass is 10.2. The second-order valence-electron chi connectivity index (χ2n) is 4.19. The average molecular weight is 301 g/mol. The van der Waals surface area contributed by atoms with Crippen LogP contribution in [0.5, 0.6) is 5.75 Å². The van der Waals surface area contributed by atoms with Crippen molar-refractivity contribution in [3.63, 3.8) is 0 Å². The van der Waals surface area contributed by atoms with E-state index in [2.05, 4.69) is 0 Å². The first kappa shape index (κ1) is 16.3. The van der Waals surface area contributed by atoms with Gasteiger partial charge in [0.1, 0.15) is 21.2 Å². The molecule has 0 unspecified atom stereocenters. The van der Waals surface area contributed by atoms with Crippen LogP contribution in [-0.4, -0.2) is 39.6 Å². The molecular formula is C13H19NO5S. The Labute approximate surface area is 118 Å². The second kappa shape index (κ2) is 7.14. The van der Waals surface area contributed by atoms with Crippen LogP contribution < -0.4 is 10.5 Å². The average Bonchev–Trinajstić information content (AvgIpc) is 2.43. The molecule has 0 bridgehead atoms. The van der Waals surface area contributed by atoms with Crippen molar-refractivity contribution in [3.8, 4) is 5.75 Å². The van der Waals surface area contributed by atoms with Crippen molar-refractivity contribution in [2.45, 2.75) is 13.3 Å². The Kier molecular flexibility index (Phi) is 5.82. The summed E-state index contributed by atoms with van der Waals surface area (Å²) in [5, 5.41) is 0. The fourth-order valence-electron chi connectivity index (χ4n) is 1.54. The van der Waals surface area contributed by atoms with Crippen LogP contribution in [0.4, 0.5) is 5.69 Å². The van der Waals surface area contributed by atoms with Crippen LogP contribution in [0.3, 0.4) is 0 Å². The minimum atomic E-state index is -3.03. The molecule has 0 aromatic heterocycles. The molecule has 2 N–H and O–H groups in total. The number of carbonyl (C=O) groups excluding carboxylic acids is 1. The molecule has 0 saturated carbocycles. The Balaban J connectivity index is 2.56. The number of ether oxygens (including phenoxy) is 2. The SMILES string of the molecule is CCS(=O)(=O)CCCOC(=O)c1ccc(N)cc1OC. The number of methoxy groups -OCH3 is 1. The highest BCUT2D eigenvalue weighted by Gasteiger charge is 2.14. The molecule has 0 saturated heterocycles. The van der Waals surface area contributed by atoms with Crippen molar-refractivity contribution >= 4 is 21.5 Å². The highest BCUT2D eigenvalue weighted by Crippen LogP contribution is 2.22. The topological polar surface area (TPSA) is 95.7 Å². The lowest BCUT2D eigenvalue weighted by Crippen LogP contribution is -2.13. The van der Waals surface area contributed by atoms with Crippen LogP contribution in [0.15, 0.2) is 18.2 Å². The Morgan fingerprint density at radius 1 is 1.35 bits per heavy atom. The highest BCUT2D eigenvalue weighted by molar-refractivity contribution is 7.91. The van der Waals surface area contributed by atoms with E-state index in [4.69, 9.17) is 15.2 Å². The molecule has 0 fully saturated rings. The number of carbonyl (C=O) groups is 1. The summed E-state index contributed by atoms with van der Waals surface area (Å²) in [4.78, 5) is 11.8. The molecule has 0 aliphatic carbocycles. The fourth-order valence-corrected chi connectivity index (χ4v) is 2.39. The summed E-state index contributed by atoms with van der Waals surface area (Å²) in [6, 6.07) is 4.61. The van der Waals surface area contributed by atoms with E-state index in [1.807, 2.05) is 0 Å². The zero-order chi connectivity index (χ0) is 15.2. The molecule has 7 heteroatoms. The predicted molar refractivity (Wildman–Crippen MR) is 76.6 cm³/mol. The van der Waals surface area contributed by atoms with Crippen LogP contribution in [0.25, 0.3) is 0 Å². The number of benzene rings is 1. The number of hydrogen-bond acceptors (Lipinski definition) is 6. The summed E-state index contributed by atoms with van der Waals surface area (Å²) < 4.78 is 32.6. The van der Waals surface area contributed by atoms with Crippen LogP contribution in [-0.2, 0) is 14.6 Å². The lowest BCUT2D eigenvalue weighted by Gasteiger charge is -2.09. The molecule has 1 aromatic rings. The minimum absolute atomic E-state index is 0.00958. The van der Waals surface area contributed by atoms with Crippen LogP contribution in [0, 0.1) is 0 Å². The summed E-state index contributed by atoms with van der Waals surface area (Å²) in [6.07, 6.45) is 0.277. The smallest absolute Gasteiger partial charge is 0.341 e. The monoisotopic (exact) mass is 301 g/mol. The van der Waals surface area contributed by atoms with Crippen LogP contribution in [0.2, 0.25) is 0 Å². The minimum Gasteiger partial charge on any atom is -0.496 e. The maximum Gasteiger partial charge on any atom is 0.341 e. The fraction of sp³-hybridized carbons (Fsp3) is 0.462. The molecule has 0 aliphatic heterocycles. The zero-order valence-electron chi connectivity index (χ0n) is 11.6. The van der Waals surface area contributed by atoms with E-state index >= 15 is 0 Å². The third kappa shape index (κ3) is 4.73. The summed E-state index contributed by atoms with van der Waals surface area (Å²) in [7, 11) is -1.60. The number of esters is 1. The quantitative estimate of drug-likeness (QED) is 0.463. The van der Waals surface area contributed by atoms with E-state index in [-0.39, 0.29) is 30.1 Å². The van der Waals surface area contributed by atoms with Gasteiger partial charge < -0.3 is 15.2 Å². The largest absolute Gasteiger partial charge is 0.496 e. The van der Waals surface area contributed by atoms with Gasteiger partial charge in [0, 0.05) is 17.5 Å². The summed E-state index contributed by atoms with van der Waals surface area (Å²) in [6.45, 7) is 1.63. The highest BCUT2D eigenvalue weighted by atomic mass is 32.2. The van der Waals surface area contributed by atoms with Crippen molar-refractivity contribution in [3.05, 3.63) is 23.8 Å². The van der Waals surface area contributed by atoms with Gasteiger partial charge in [-0.1, -0.05) is 6.92 Å². The van der Waals surface area contributed by atoms with Gasteiger partial charge in [0.05, 0.1) is 19.5 Å². The van der Waals surface area contributed by atoms with E-state index in [9.17, 15) is 13.2 Å². The van der Waals surface area contributed by atoms with E-state index in [0.29, 0.717) is 11.4 Å². The van der Waals surface area contributed by atoms with Crippen molar-refractivity contribution in [2.75, 3.05) is 31.0 Å². The van der Waals surface area contributed by atoms with Crippen LogP contribution in [0.1, 0.15) is 23.7 Å². The summed E-state index contributed by atoms with van der Waals surface area (Å²) in [5.41, 5.74) is 6.33.